The standard InChI is InChI=1S/C25H29N3O2/c1-19(16-20(2)30-24(29)22-12-7-4-8-13-22)17-23(21-10-5-3-6-11-21)18-28-25-26-14-9-15-27-25/h3-15,19-20,23H,16-18H2,1-2H3,(H,26,27,28). The fraction of sp³-hybridized carbons (Fsp3) is 0.320. The first-order valence-corrected chi connectivity index (χ1v) is 10.4. The third-order valence-corrected chi connectivity index (χ3v) is 5.08. The molecule has 0 bridgehead atoms. The van der Waals surface area contributed by atoms with Crippen molar-refractivity contribution >= 4 is 11.9 Å². The average molecular weight is 404 g/mol. The van der Waals surface area contributed by atoms with Crippen LogP contribution in [0.1, 0.15) is 48.5 Å². The first-order valence-electron chi connectivity index (χ1n) is 10.4. The molecule has 156 valence electrons. The SMILES string of the molecule is CC(CC(C)OC(=O)c1ccccc1)CC(CNc1ncccn1)c1ccccc1. The molecule has 3 rings (SSSR count). The molecule has 30 heavy (non-hydrogen) atoms. The summed E-state index contributed by atoms with van der Waals surface area (Å²) in [6.45, 7) is 4.92. The number of carbonyl (C=O) groups is 1. The van der Waals surface area contributed by atoms with Gasteiger partial charge in [0.2, 0.25) is 5.95 Å². The highest BCUT2D eigenvalue weighted by Gasteiger charge is 2.20. The van der Waals surface area contributed by atoms with Gasteiger partial charge < -0.3 is 10.1 Å². The van der Waals surface area contributed by atoms with E-state index in [1.807, 2.05) is 31.2 Å². The zero-order valence-electron chi connectivity index (χ0n) is 17.6. The normalized spacial score (nSPS) is 13.8. The van der Waals surface area contributed by atoms with Gasteiger partial charge in [-0.25, -0.2) is 14.8 Å². The third-order valence-electron chi connectivity index (χ3n) is 5.08. The quantitative estimate of drug-likeness (QED) is 0.463. The molecule has 5 heteroatoms. The van der Waals surface area contributed by atoms with Crippen LogP contribution in [0, 0.1) is 5.92 Å². The van der Waals surface area contributed by atoms with Gasteiger partial charge in [-0.2, -0.15) is 0 Å². The van der Waals surface area contributed by atoms with E-state index in [9.17, 15) is 4.79 Å². The highest BCUT2D eigenvalue weighted by molar-refractivity contribution is 5.89. The summed E-state index contributed by atoms with van der Waals surface area (Å²) >= 11 is 0. The predicted octanol–water partition coefficient (Wildman–Crippen LogP) is 5.33. The molecule has 3 atom stereocenters. The van der Waals surface area contributed by atoms with Crippen molar-refractivity contribution in [3.63, 3.8) is 0 Å². The highest BCUT2D eigenvalue weighted by Crippen LogP contribution is 2.27. The van der Waals surface area contributed by atoms with E-state index >= 15 is 0 Å². The van der Waals surface area contributed by atoms with Crippen LogP contribution in [0.5, 0.6) is 0 Å². The molecule has 0 amide bonds. The summed E-state index contributed by atoms with van der Waals surface area (Å²) in [6, 6.07) is 21.4. The van der Waals surface area contributed by atoms with E-state index in [-0.39, 0.29) is 12.1 Å². The van der Waals surface area contributed by atoms with E-state index in [1.165, 1.54) is 5.56 Å². The average Bonchev–Trinajstić information content (AvgIpc) is 2.78. The van der Waals surface area contributed by atoms with Crippen LogP contribution in [-0.4, -0.2) is 28.6 Å². The second-order valence-electron chi connectivity index (χ2n) is 7.72. The van der Waals surface area contributed by atoms with E-state index in [0.717, 1.165) is 19.4 Å². The number of nitrogens with one attached hydrogen (secondary N) is 1. The lowest BCUT2D eigenvalue weighted by Crippen LogP contribution is -2.21. The molecule has 0 radical (unpaired) electrons. The first-order chi connectivity index (χ1) is 14.6. The van der Waals surface area contributed by atoms with Crippen molar-refractivity contribution in [2.75, 3.05) is 11.9 Å². The Hall–Kier alpha value is -3.21. The van der Waals surface area contributed by atoms with Crippen molar-refractivity contribution in [2.45, 2.75) is 38.7 Å². The van der Waals surface area contributed by atoms with Gasteiger partial charge >= 0.3 is 5.97 Å². The van der Waals surface area contributed by atoms with Gasteiger partial charge in [-0.1, -0.05) is 55.5 Å². The maximum Gasteiger partial charge on any atom is 0.338 e. The van der Waals surface area contributed by atoms with Gasteiger partial charge in [-0.15, -0.1) is 0 Å². The first kappa shape index (κ1) is 21.5. The number of benzene rings is 2. The van der Waals surface area contributed by atoms with Crippen LogP contribution in [0.4, 0.5) is 5.95 Å². The molecule has 1 heterocycles. The van der Waals surface area contributed by atoms with Crippen LogP contribution in [0.3, 0.4) is 0 Å². The Balaban J connectivity index is 1.57. The molecule has 3 unspecified atom stereocenters. The summed E-state index contributed by atoms with van der Waals surface area (Å²) < 4.78 is 5.65. The minimum Gasteiger partial charge on any atom is -0.459 e. The maximum absolute atomic E-state index is 12.3. The van der Waals surface area contributed by atoms with Crippen LogP contribution in [0.2, 0.25) is 0 Å². The number of nitrogens with zero attached hydrogens (tertiary/aromatic N) is 2. The van der Waals surface area contributed by atoms with Gasteiger partial charge in [0.05, 0.1) is 11.7 Å². The number of hydrogen-bond donors (Lipinski definition) is 1. The van der Waals surface area contributed by atoms with Crippen LogP contribution < -0.4 is 5.32 Å². The molecule has 2 aromatic carbocycles. The van der Waals surface area contributed by atoms with Crippen molar-refractivity contribution in [3.8, 4) is 0 Å². The van der Waals surface area contributed by atoms with E-state index in [2.05, 4.69) is 46.5 Å². The van der Waals surface area contributed by atoms with Crippen LogP contribution in [0.15, 0.2) is 79.1 Å². The molecule has 5 nitrogen and oxygen atoms in total. The summed E-state index contributed by atoms with van der Waals surface area (Å²) in [5.41, 5.74) is 1.87. The summed E-state index contributed by atoms with van der Waals surface area (Å²) in [5, 5.41) is 3.35. The van der Waals surface area contributed by atoms with Crippen molar-refractivity contribution in [1.29, 1.82) is 0 Å². The molecule has 0 fully saturated rings. The Morgan fingerprint density at radius 1 is 0.900 bits per heavy atom. The van der Waals surface area contributed by atoms with Gasteiger partial charge in [-0.3, -0.25) is 0 Å². The lowest BCUT2D eigenvalue weighted by Gasteiger charge is -2.24. The maximum atomic E-state index is 12.3. The summed E-state index contributed by atoms with van der Waals surface area (Å²) in [6.07, 6.45) is 5.10. The molecular formula is C25H29N3O2. The Morgan fingerprint density at radius 2 is 1.53 bits per heavy atom. The minimum atomic E-state index is -0.266. The number of carbonyl (C=O) groups excluding carboxylic acids is 1. The summed E-state index contributed by atoms with van der Waals surface area (Å²) in [4.78, 5) is 20.8. The molecular weight excluding hydrogens is 374 g/mol. The molecule has 0 aliphatic rings. The van der Waals surface area contributed by atoms with Crippen LogP contribution >= 0.6 is 0 Å². The fourth-order valence-electron chi connectivity index (χ4n) is 3.69. The molecule has 0 saturated carbocycles. The van der Waals surface area contributed by atoms with Gasteiger partial charge in [0.25, 0.3) is 0 Å². The second kappa shape index (κ2) is 11.1. The monoisotopic (exact) mass is 403 g/mol. The number of aromatic nitrogens is 2. The van der Waals surface area contributed by atoms with Gasteiger partial charge in [0, 0.05) is 24.9 Å². The van der Waals surface area contributed by atoms with Crippen LogP contribution in [-0.2, 0) is 4.74 Å². The Bertz CT molecular complexity index is 888. The number of rotatable bonds is 10. The van der Waals surface area contributed by atoms with Gasteiger partial charge in [0.15, 0.2) is 0 Å². The van der Waals surface area contributed by atoms with Crippen molar-refractivity contribution < 1.29 is 9.53 Å². The molecule has 3 aromatic rings. The number of esters is 1. The predicted molar refractivity (Wildman–Crippen MR) is 119 cm³/mol. The van der Waals surface area contributed by atoms with E-state index in [0.29, 0.717) is 23.3 Å². The number of ether oxygens (including phenoxy) is 1. The zero-order chi connectivity index (χ0) is 21.2. The number of anilines is 1. The Kier molecular flexibility index (Phi) is 7.95. The van der Waals surface area contributed by atoms with Gasteiger partial charge in [-0.05, 0) is 49.4 Å². The highest BCUT2D eigenvalue weighted by atomic mass is 16.5. The van der Waals surface area contributed by atoms with E-state index in [1.54, 1.807) is 30.6 Å². The smallest absolute Gasteiger partial charge is 0.338 e. The molecule has 0 aliphatic heterocycles. The summed E-state index contributed by atoms with van der Waals surface area (Å²) in [5.74, 6) is 1.06. The third kappa shape index (κ3) is 6.69. The molecule has 0 aliphatic carbocycles. The van der Waals surface area contributed by atoms with E-state index < -0.39 is 0 Å². The Labute approximate surface area is 178 Å². The molecule has 1 aromatic heterocycles. The van der Waals surface area contributed by atoms with Crippen molar-refractivity contribution in [2.24, 2.45) is 5.92 Å². The van der Waals surface area contributed by atoms with Crippen molar-refractivity contribution in [3.05, 3.63) is 90.3 Å². The molecule has 0 saturated heterocycles. The summed E-state index contributed by atoms with van der Waals surface area (Å²) in [7, 11) is 0. The van der Waals surface area contributed by atoms with Crippen LogP contribution in [0.25, 0.3) is 0 Å². The lowest BCUT2D eigenvalue weighted by atomic mass is 9.87. The minimum absolute atomic E-state index is 0.144. The zero-order valence-corrected chi connectivity index (χ0v) is 17.6. The molecule has 1 N–H and O–H groups in total. The molecule has 0 spiro atoms. The number of hydrogen-bond acceptors (Lipinski definition) is 5. The van der Waals surface area contributed by atoms with Gasteiger partial charge in [0.1, 0.15) is 0 Å². The van der Waals surface area contributed by atoms with E-state index in [4.69, 9.17) is 4.74 Å². The fourth-order valence-corrected chi connectivity index (χ4v) is 3.69. The lowest BCUT2D eigenvalue weighted by molar-refractivity contribution is 0.0290. The topological polar surface area (TPSA) is 64.1 Å². The second-order valence-corrected chi connectivity index (χ2v) is 7.72. The Morgan fingerprint density at radius 3 is 2.20 bits per heavy atom. The largest absolute Gasteiger partial charge is 0.459 e. The van der Waals surface area contributed by atoms with Crippen molar-refractivity contribution in [1.82, 2.24) is 9.97 Å².